The van der Waals surface area contributed by atoms with Crippen LogP contribution in [0.5, 0.6) is 0 Å². The highest BCUT2D eigenvalue weighted by molar-refractivity contribution is 5.27. The summed E-state index contributed by atoms with van der Waals surface area (Å²) in [5.41, 5.74) is 8.94. The van der Waals surface area contributed by atoms with E-state index in [1.165, 1.54) is 17.3 Å². The van der Waals surface area contributed by atoms with E-state index in [1.807, 2.05) is 26.1 Å². The Kier molecular flexibility index (Phi) is 7.94. The molecule has 0 saturated heterocycles. The summed E-state index contributed by atoms with van der Waals surface area (Å²) in [6.45, 7) is 9.08. The molecule has 0 aliphatic heterocycles. The monoisotopic (exact) mass is 221 g/mol. The van der Waals surface area contributed by atoms with Gasteiger partial charge in [0, 0.05) is 37.3 Å². The van der Waals surface area contributed by atoms with Crippen LogP contribution in [-0.4, -0.2) is 11.5 Å². The molecule has 0 aromatic carbocycles. The predicted octanol–water partition coefficient (Wildman–Crippen LogP) is 2.29. The lowest BCUT2D eigenvalue weighted by Crippen LogP contribution is -2.12. The SMILES string of the molecule is CC.Cc1ccnc(CCN/C=C\N)c1C. The molecule has 0 spiro atoms. The van der Waals surface area contributed by atoms with E-state index in [4.69, 9.17) is 5.73 Å². The van der Waals surface area contributed by atoms with Gasteiger partial charge >= 0.3 is 0 Å². The lowest BCUT2D eigenvalue weighted by Gasteiger charge is -2.06. The van der Waals surface area contributed by atoms with Crippen molar-refractivity contribution in [3.8, 4) is 0 Å². The highest BCUT2D eigenvalue weighted by Gasteiger charge is 2.00. The summed E-state index contributed by atoms with van der Waals surface area (Å²) in [5, 5.41) is 3.08. The Bertz CT molecular complexity index is 319. The van der Waals surface area contributed by atoms with Gasteiger partial charge in [0.05, 0.1) is 0 Å². The van der Waals surface area contributed by atoms with E-state index in [2.05, 4.69) is 24.1 Å². The Balaban J connectivity index is 0.00000106. The standard InChI is InChI=1S/C11H17N3.C2H6/c1-9-3-7-14-11(10(9)2)4-6-13-8-5-12;1-2/h3,5,7-8,13H,4,6,12H2,1-2H3;1-2H3/b8-5-;. The summed E-state index contributed by atoms with van der Waals surface area (Å²) in [7, 11) is 0. The van der Waals surface area contributed by atoms with Crippen molar-refractivity contribution < 1.29 is 0 Å². The second-order valence-corrected chi connectivity index (χ2v) is 3.26. The van der Waals surface area contributed by atoms with E-state index < -0.39 is 0 Å². The van der Waals surface area contributed by atoms with Crippen molar-refractivity contribution in [2.24, 2.45) is 5.73 Å². The average Bonchev–Trinajstić information content (AvgIpc) is 2.32. The third-order valence-corrected chi connectivity index (χ3v) is 2.30. The molecule has 0 atom stereocenters. The lowest BCUT2D eigenvalue weighted by molar-refractivity contribution is 0.803. The van der Waals surface area contributed by atoms with Crippen molar-refractivity contribution in [2.75, 3.05) is 6.54 Å². The molecule has 0 amide bonds. The Hall–Kier alpha value is -1.51. The van der Waals surface area contributed by atoms with Gasteiger partial charge in [-0.2, -0.15) is 0 Å². The first-order valence-electron chi connectivity index (χ1n) is 5.77. The molecular weight excluding hydrogens is 198 g/mol. The van der Waals surface area contributed by atoms with Crippen LogP contribution in [0.3, 0.4) is 0 Å². The van der Waals surface area contributed by atoms with Crippen molar-refractivity contribution in [2.45, 2.75) is 34.1 Å². The highest BCUT2D eigenvalue weighted by atomic mass is 14.8. The number of aromatic nitrogens is 1. The van der Waals surface area contributed by atoms with Crippen molar-refractivity contribution in [3.05, 3.63) is 41.5 Å². The fourth-order valence-electron chi connectivity index (χ4n) is 1.28. The van der Waals surface area contributed by atoms with Gasteiger partial charge in [-0.05, 0) is 31.0 Å². The lowest BCUT2D eigenvalue weighted by atomic mass is 10.1. The highest BCUT2D eigenvalue weighted by Crippen LogP contribution is 2.09. The minimum Gasteiger partial charge on any atom is -0.403 e. The van der Waals surface area contributed by atoms with Crippen LogP contribution in [0.25, 0.3) is 0 Å². The number of hydrogen-bond acceptors (Lipinski definition) is 3. The van der Waals surface area contributed by atoms with Crippen LogP contribution in [0.15, 0.2) is 24.7 Å². The van der Waals surface area contributed by atoms with Crippen molar-refractivity contribution in [3.63, 3.8) is 0 Å². The molecule has 0 aliphatic rings. The largest absolute Gasteiger partial charge is 0.403 e. The van der Waals surface area contributed by atoms with E-state index in [1.54, 1.807) is 6.20 Å². The summed E-state index contributed by atoms with van der Waals surface area (Å²) in [6.07, 6.45) is 6.02. The number of hydrogen-bond donors (Lipinski definition) is 2. The zero-order chi connectivity index (χ0) is 12.4. The molecule has 1 heterocycles. The molecular formula is C13H23N3. The smallest absolute Gasteiger partial charge is 0.0452 e. The Morgan fingerprint density at radius 2 is 2.06 bits per heavy atom. The fraction of sp³-hybridized carbons (Fsp3) is 0.462. The average molecular weight is 221 g/mol. The molecule has 16 heavy (non-hydrogen) atoms. The normalized spacial score (nSPS) is 9.75. The molecule has 3 heteroatoms. The van der Waals surface area contributed by atoms with Gasteiger partial charge in [0.15, 0.2) is 0 Å². The van der Waals surface area contributed by atoms with Crippen LogP contribution in [0.2, 0.25) is 0 Å². The van der Waals surface area contributed by atoms with E-state index in [-0.39, 0.29) is 0 Å². The molecule has 0 unspecified atom stereocenters. The molecule has 0 aliphatic carbocycles. The van der Waals surface area contributed by atoms with E-state index >= 15 is 0 Å². The van der Waals surface area contributed by atoms with Gasteiger partial charge in [-0.25, -0.2) is 0 Å². The summed E-state index contributed by atoms with van der Waals surface area (Å²) >= 11 is 0. The molecule has 1 aromatic rings. The second kappa shape index (κ2) is 8.77. The zero-order valence-electron chi connectivity index (χ0n) is 10.7. The van der Waals surface area contributed by atoms with Gasteiger partial charge in [-0.3, -0.25) is 4.98 Å². The second-order valence-electron chi connectivity index (χ2n) is 3.26. The van der Waals surface area contributed by atoms with Gasteiger partial charge in [0.25, 0.3) is 0 Å². The molecule has 1 aromatic heterocycles. The third kappa shape index (κ3) is 4.82. The van der Waals surface area contributed by atoms with Gasteiger partial charge in [-0.1, -0.05) is 13.8 Å². The number of pyridine rings is 1. The summed E-state index contributed by atoms with van der Waals surface area (Å²) in [6, 6.07) is 2.03. The molecule has 3 N–H and O–H groups in total. The van der Waals surface area contributed by atoms with E-state index in [0.29, 0.717) is 0 Å². The van der Waals surface area contributed by atoms with Crippen LogP contribution < -0.4 is 11.1 Å². The van der Waals surface area contributed by atoms with Gasteiger partial charge in [0.2, 0.25) is 0 Å². The quantitative estimate of drug-likeness (QED) is 0.767. The predicted molar refractivity (Wildman–Crippen MR) is 70.1 cm³/mol. The molecule has 0 fully saturated rings. The minimum atomic E-state index is 0.866. The number of aryl methyl sites for hydroxylation is 1. The Labute approximate surface area is 98.8 Å². The summed E-state index contributed by atoms with van der Waals surface area (Å²) in [5.74, 6) is 0. The molecule has 0 saturated carbocycles. The van der Waals surface area contributed by atoms with Gasteiger partial charge in [-0.15, -0.1) is 0 Å². The Morgan fingerprint density at radius 3 is 2.69 bits per heavy atom. The molecule has 0 radical (unpaired) electrons. The van der Waals surface area contributed by atoms with Crippen molar-refractivity contribution in [1.82, 2.24) is 10.3 Å². The first kappa shape index (κ1) is 14.5. The number of nitrogens with two attached hydrogens (primary N) is 1. The van der Waals surface area contributed by atoms with Crippen LogP contribution in [0.1, 0.15) is 30.7 Å². The molecule has 90 valence electrons. The first-order valence-corrected chi connectivity index (χ1v) is 5.77. The third-order valence-electron chi connectivity index (χ3n) is 2.30. The maximum absolute atomic E-state index is 5.20. The van der Waals surface area contributed by atoms with Crippen LogP contribution in [-0.2, 0) is 6.42 Å². The summed E-state index contributed by atoms with van der Waals surface area (Å²) < 4.78 is 0. The molecule has 1 rings (SSSR count). The van der Waals surface area contributed by atoms with E-state index in [0.717, 1.165) is 18.7 Å². The maximum Gasteiger partial charge on any atom is 0.0452 e. The van der Waals surface area contributed by atoms with E-state index in [9.17, 15) is 0 Å². The maximum atomic E-state index is 5.20. The minimum absolute atomic E-state index is 0.866. The summed E-state index contributed by atoms with van der Waals surface area (Å²) in [4.78, 5) is 4.34. The van der Waals surface area contributed by atoms with Crippen LogP contribution in [0.4, 0.5) is 0 Å². The zero-order valence-corrected chi connectivity index (χ0v) is 10.7. The number of nitrogens with one attached hydrogen (secondary N) is 1. The van der Waals surface area contributed by atoms with Crippen LogP contribution >= 0.6 is 0 Å². The van der Waals surface area contributed by atoms with Crippen molar-refractivity contribution in [1.29, 1.82) is 0 Å². The Morgan fingerprint density at radius 1 is 1.38 bits per heavy atom. The fourth-order valence-corrected chi connectivity index (χ4v) is 1.28. The first-order chi connectivity index (χ1) is 7.75. The molecule has 3 nitrogen and oxygen atoms in total. The molecule has 0 bridgehead atoms. The van der Waals surface area contributed by atoms with Gasteiger partial charge in [0.1, 0.15) is 0 Å². The number of rotatable bonds is 4. The van der Waals surface area contributed by atoms with Gasteiger partial charge < -0.3 is 11.1 Å². The number of nitrogens with zero attached hydrogens (tertiary/aromatic N) is 1. The topological polar surface area (TPSA) is 50.9 Å². The van der Waals surface area contributed by atoms with Crippen molar-refractivity contribution >= 4 is 0 Å². The van der Waals surface area contributed by atoms with Crippen LogP contribution in [0, 0.1) is 13.8 Å².